The minimum Gasteiger partial charge on any atom is -0.154 e. The van der Waals surface area contributed by atoms with E-state index in [1.54, 1.807) is 0 Å². The monoisotopic (exact) mass is 324 g/mol. The Balaban J connectivity index is 4.57. The Hall–Kier alpha value is 1.87. The van der Waals surface area contributed by atoms with Crippen LogP contribution in [0, 0.1) is 0 Å². The van der Waals surface area contributed by atoms with Gasteiger partial charge in [-0.05, 0) is 6.92 Å². The molecule has 5 heteroatoms. The minimum absolute atomic E-state index is 0.594. The summed E-state index contributed by atoms with van der Waals surface area (Å²) in [5.41, 5.74) is 0.832. The highest BCUT2D eigenvalue weighted by atomic mass is 127. The zero-order valence-electron chi connectivity index (χ0n) is 5.37. The number of rotatable bonds is 2. The van der Waals surface area contributed by atoms with E-state index in [0.717, 1.165) is 5.57 Å². The van der Waals surface area contributed by atoms with Crippen molar-refractivity contribution in [3.63, 3.8) is 0 Å². The summed E-state index contributed by atoms with van der Waals surface area (Å²) in [5.74, 6) is 0. The fraction of sp³-hybridized carbons (Fsp3) is 0.600. The van der Waals surface area contributed by atoms with Crippen molar-refractivity contribution in [2.75, 3.05) is 0 Å². The molecule has 0 saturated heterocycles. The molecule has 0 nitrogen and oxygen atoms in total. The van der Waals surface area contributed by atoms with Gasteiger partial charge in [0.2, 0.25) is 0 Å². The Labute approximate surface area is 97.4 Å². The van der Waals surface area contributed by atoms with Crippen molar-refractivity contribution < 1.29 is 0 Å². The molecule has 0 rings (SSSR count). The number of hydrogen-bond donors (Lipinski definition) is 4. The predicted octanol–water partition coefficient (Wildman–Crippen LogP) is 3.07. The molecule has 0 fully saturated rings. The van der Waals surface area contributed by atoms with E-state index in [-0.39, 0.29) is 0 Å². The van der Waals surface area contributed by atoms with Crippen molar-refractivity contribution in [3.8, 4) is 0 Å². The van der Waals surface area contributed by atoms with Crippen LogP contribution in [0.25, 0.3) is 0 Å². The summed E-state index contributed by atoms with van der Waals surface area (Å²) in [6.45, 7) is 5.58. The molecule has 60 valence electrons. The lowest BCUT2D eigenvalue weighted by Crippen LogP contribution is -2.31. The maximum Gasteiger partial charge on any atom is 0.134 e. The van der Waals surface area contributed by atoms with Gasteiger partial charge >= 0.3 is 0 Å². The summed E-state index contributed by atoms with van der Waals surface area (Å²) in [5, 5.41) is 0. The molecular formula is C5H9IS4. The molecule has 0 aliphatic rings. The van der Waals surface area contributed by atoms with E-state index < -0.39 is 6.16 Å². The fourth-order valence-electron chi connectivity index (χ4n) is 0.272. The third kappa shape index (κ3) is 2.73. The molecule has 0 bridgehead atoms. The maximum atomic E-state index is 4.27. The van der Waals surface area contributed by atoms with Crippen LogP contribution in [-0.2, 0) is 0 Å². The first-order valence-corrected chi connectivity index (χ1v) is 5.30. The van der Waals surface area contributed by atoms with E-state index in [1.807, 2.05) is 29.5 Å². The SMILES string of the molecule is C=C(C)C(S)(S)C(S)(S)I. The minimum atomic E-state index is -0.653. The van der Waals surface area contributed by atoms with Gasteiger partial charge in [0.15, 0.2) is 0 Å². The van der Waals surface area contributed by atoms with Crippen LogP contribution >= 0.6 is 73.1 Å². The first kappa shape index (κ1) is 11.9. The van der Waals surface area contributed by atoms with Crippen LogP contribution in [-0.4, -0.2) is 6.16 Å². The van der Waals surface area contributed by atoms with Crippen LogP contribution in [0.15, 0.2) is 12.2 Å². The van der Waals surface area contributed by atoms with Crippen LogP contribution in [0.2, 0.25) is 0 Å². The zero-order valence-corrected chi connectivity index (χ0v) is 11.1. The highest BCUT2D eigenvalue weighted by molar-refractivity contribution is 14.1. The van der Waals surface area contributed by atoms with E-state index >= 15 is 0 Å². The van der Waals surface area contributed by atoms with Crippen LogP contribution in [0.1, 0.15) is 6.92 Å². The van der Waals surface area contributed by atoms with Crippen LogP contribution in [0.4, 0.5) is 0 Å². The summed E-state index contributed by atoms with van der Waals surface area (Å²) in [6, 6.07) is 0. The molecular weight excluding hydrogens is 315 g/mol. The molecule has 0 aliphatic carbocycles. The molecule has 10 heavy (non-hydrogen) atoms. The molecule has 0 aromatic carbocycles. The summed E-state index contributed by atoms with van der Waals surface area (Å²) in [4.78, 5) is 0. The molecule has 0 spiro atoms. The normalized spacial score (nSPS) is 13.4. The first-order valence-electron chi connectivity index (χ1n) is 2.44. The largest absolute Gasteiger partial charge is 0.154 e. The summed E-state index contributed by atoms with van der Waals surface area (Å²) < 4.78 is -1.25. The van der Waals surface area contributed by atoms with Gasteiger partial charge in [0.25, 0.3) is 0 Å². The Morgan fingerprint density at radius 1 is 1.30 bits per heavy atom. The van der Waals surface area contributed by atoms with Gasteiger partial charge < -0.3 is 0 Å². The lowest BCUT2D eigenvalue weighted by molar-refractivity contribution is 1.04. The van der Waals surface area contributed by atoms with Crippen LogP contribution < -0.4 is 0 Å². The second-order valence-electron chi connectivity index (χ2n) is 2.04. The predicted molar refractivity (Wildman–Crippen MR) is 70.2 cm³/mol. The molecule has 0 aliphatic heterocycles. The Morgan fingerprint density at radius 2 is 1.60 bits per heavy atom. The first-order chi connectivity index (χ1) is 4.19. The van der Waals surface area contributed by atoms with E-state index in [0.29, 0.717) is 0 Å². The van der Waals surface area contributed by atoms with Gasteiger partial charge in [0.05, 0.1) is 0 Å². The summed E-state index contributed by atoms with van der Waals surface area (Å²) in [7, 11) is 0. The number of halogens is 1. The third-order valence-corrected chi connectivity index (χ3v) is 5.51. The smallest absolute Gasteiger partial charge is 0.134 e. The zero-order chi connectivity index (χ0) is 8.58. The number of hydrogen-bond acceptors (Lipinski definition) is 4. The number of alkyl halides is 1. The van der Waals surface area contributed by atoms with Crippen LogP contribution in [0.3, 0.4) is 0 Å². The Bertz CT molecular complexity index is 146. The van der Waals surface area contributed by atoms with Crippen molar-refractivity contribution in [1.29, 1.82) is 0 Å². The molecule has 0 aromatic rings. The molecule has 0 unspecified atom stereocenters. The average Bonchev–Trinajstić information content (AvgIpc) is 1.62. The lowest BCUT2D eigenvalue weighted by atomic mass is 10.2. The van der Waals surface area contributed by atoms with Crippen molar-refractivity contribution in [1.82, 2.24) is 0 Å². The van der Waals surface area contributed by atoms with Gasteiger partial charge in [-0.2, -0.15) is 25.3 Å². The van der Waals surface area contributed by atoms with Gasteiger partial charge in [-0.3, -0.25) is 0 Å². The lowest BCUT2D eigenvalue weighted by Gasteiger charge is -2.33. The summed E-state index contributed by atoms with van der Waals surface area (Å²) in [6.07, 6.45) is 0. The van der Waals surface area contributed by atoms with Crippen molar-refractivity contribution in [2.24, 2.45) is 0 Å². The number of thiol groups is 4. The highest BCUT2D eigenvalue weighted by Crippen LogP contribution is 2.49. The van der Waals surface area contributed by atoms with Gasteiger partial charge in [-0.25, -0.2) is 0 Å². The van der Waals surface area contributed by atoms with E-state index in [4.69, 9.17) is 0 Å². The van der Waals surface area contributed by atoms with Crippen molar-refractivity contribution >= 4 is 73.1 Å². The van der Waals surface area contributed by atoms with Gasteiger partial charge in [-0.1, -0.05) is 34.7 Å². The highest BCUT2D eigenvalue weighted by Gasteiger charge is 2.39. The second kappa shape index (κ2) is 3.72. The molecule has 0 saturated carbocycles. The molecule has 0 radical (unpaired) electrons. The van der Waals surface area contributed by atoms with Gasteiger partial charge in [0.1, 0.15) is 6.16 Å². The van der Waals surface area contributed by atoms with Crippen molar-refractivity contribution in [2.45, 2.75) is 13.1 Å². The van der Waals surface area contributed by atoms with Gasteiger partial charge in [-0.15, -0.1) is 25.3 Å². The summed E-state index contributed by atoms with van der Waals surface area (Å²) >= 11 is 19.0. The average molecular weight is 324 g/mol. The quantitative estimate of drug-likeness (QED) is 0.194. The second-order valence-corrected chi connectivity index (χ2v) is 8.75. The topological polar surface area (TPSA) is 0 Å². The molecule has 0 N–H and O–H groups in total. The van der Waals surface area contributed by atoms with E-state index in [1.165, 1.54) is 0 Å². The molecule has 0 atom stereocenters. The Morgan fingerprint density at radius 3 is 1.60 bits per heavy atom. The molecule has 0 heterocycles. The molecule has 0 aromatic heterocycles. The maximum absolute atomic E-state index is 4.27. The van der Waals surface area contributed by atoms with Crippen LogP contribution in [0.5, 0.6) is 0 Å². The Kier molecular flexibility index (Phi) is 4.42. The fourth-order valence-corrected chi connectivity index (χ4v) is 1.11. The van der Waals surface area contributed by atoms with Gasteiger partial charge in [0, 0.05) is 0 Å². The standard InChI is InChI=1S/C5H9IS4/c1-3(2)4(7,8)5(6,9)10/h7-10H,1H2,2H3. The van der Waals surface area contributed by atoms with E-state index in [2.05, 4.69) is 57.1 Å². The molecule has 0 amide bonds. The van der Waals surface area contributed by atoms with Crippen molar-refractivity contribution in [3.05, 3.63) is 12.2 Å². The van der Waals surface area contributed by atoms with E-state index in [9.17, 15) is 0 Å². The third-order valence-electron chi connectivity index (χ3n) is 1.04.